The third kappa shape index (κ3) is 4.18. The van der Waals surface area contributed by atoms with Gasteiger partial charge in [-0.2, -0.15) is 0 Å². The molecule has 0 aliphatic carbocycles. The number of hydrogen-bond donors (Lipinski definition) is 0. The summed E-state index contributed by atoms with van der Waals surface area (Å²) in [5, 5.41) is 2.29. The lowest BCUT2D eigenvalue weighted by atomic mass is 10.1. The fourth-order valence-corrected chi connectivity index (χ4v) is 4.75. The van der Waals surface area contributed by atoms with Crippen molar-refractivity contribution in [2.45, 2.75) is 0 Å². The van der Waals surface area contributed by atoms with Gasteiger partial charge in [0.2, 0.25) is 0 Å². The van der Waals surface area contributed by atoms with E-state index in [1.807, 2.05) is 48.5 Å². The van der Waals surface area contributed by atoms with Gasteiger partial charge in [0.1, 0.15) is 0 Å². The summed E-state index contributed by atoms with van der Waals surface area (Å²) in [5.74, 6) is 1.74. The van der Waals surface area contributed by atoms with Crippen molar-refractivity contribution in [2.75, 3.05) is 0 Å². The Hall–Kier alpha value is -3.40. The van der Waals surface area contributed by atoms with Gasteiger partial charge in [0.25, 0.3) is 0 Å². The Kier molecular flexibility index (Phi) is 5.52. The second-order valence-electron chi connectivity index (χ2n) is 7.18. The summed E-state index contributed by atoms with van der Waals surface area (Å²) >= 11 is 7.10. The highest BCUT2D eigenvalue weighted by Gasteiger charge is 2.13. The first-order valence-corrected chi connectivity index (χ1v) is 11.4. The van der Waals surface area contributed by atoms with E-state index in [1.54, 1.807) is 12.1 Å². The van der Waals surface area contributed by atoms with E-state index in [1.165, 1.54) is 0 Å². The molecule has 0 N–H and O–H groups in total. The van der Waals surface area contributed by atoms with Gasteiger partial charge in [-0.15, -0.1) is 0 Å². The van der Waals surface area contributed by atoms with Gasteiger partial charge in [0.05, 0.1) is 6.57 Å². The van der Waals surface area contributed by atoms with Crippen molar-refractivity contribution in [3.63, 3.8) is 0 Å². The Balaban J connectivity index is 1.72. The molecule has 0 saturated carbocycles. The quantitative estimate of drug-likeness (QED) is 0.217. The molecule has 1 heterocycles. The van der Waals surface area contributed by atoms with Crippen LogP contribution in [0, 0.1) is 6.57 Å². The average Bonchev–Trinajstić information content (AvgIpc) is 2.83. The largest absolute Gasteiger partial charge is 0.238 e. The molecule has 0 spiro atoms. The highest BCUT2D eigenvalue weighted by molar-refractivity contribution is 9.11. The average molecular weight is 542 g/mol. The summed E-state index contributed by atoms with van der Waals surface area (Å²) < 4.78 is 1.86. The van der Waals surface area contributed by atoms with E-state index in [0.717, 1.165) is 36.4 Å². The van der Waals surface area contributed by atoms with Crippen molar-refractivity contribution >= 4 is 48.3 Å². The topological polar surface area (TPSA) is 43.0 Å². The Bertz CT molecular complexity index is 1490. The third-order valence-electron chi connectivity index (χ3n) is 5.02. The summed E-state index contributed by atoms with van der Waals surface area (Å²) in [7, 11) is 0. The van der Waals surface area contributed by atoms with Crippen molar-refractivity contribution in [1.29, 1.82) is 0 Å². The van der Waals surface area contributed by atoms with Crippen LogP contribution < -0.4 is 0 Å². The van der Waals surface area contributed by atoms with E-state index in [2.05, 4.69) is 61.0 Å². The molecule has 0 radical (unpaired) electrons. The van der Waals surface area contributed by atoms with Crippen LogP contribution in [0.25, 0.3) is 49.8 Å². The molecule has 0 aliphatic rings. The Morgan fingerprint density at radius 2 is 1.12 bits per heavy atom. The predicted octanol–water partition coefficient (Wildman–Crippen LogP) is 8.10. The van der Waals surface area contributed by atoms with Crippen LogP contribution in [-0.4, -0.2) is 15.0 Å². The predicted molar refractivity (Wildman–Crippen MR) is 135 cm³/mol. The zero-order valence-electron chi connectivity index (χ0n) is 16.6. The highest BCUT2D eigenvalue weighted by Crippen LogP contribution is 2.30. The lowest BCUT2D eigenvalue weighted by Crippen LogP contribution is -2.00. The molecule has 152 valence electrons. The molecule has 0 amide bonds. The number of aromatic nitrogens is 3. The second kappa shape index (κ2) is 8.62. The molecule has 1 aromatic heterocycles. The zero-order valence-corrected chi connectivity index (χ0v) is 19.8. The summed E-state index contributed by atoms with van der Waals surface area (Å²) in [5.41, 5.74) is 3.20. The summed E-state index contributed by atoms with van der Waals surface area (Å²) in [4.78, 5) is 17.8. The molecule has 0 unspecified atom stereocenters. The molecule has 0 bridgehead atoms. The molecule has 0 aliphatic heterocycles. The molecule has 5 rings (SSSR count). The Labute approximate surface area is 202 Å². The number of fused-ring (bicyclic) bond motifs is 1. The monoisotopic (exact) mass is 540 g/mol. The van der Waals surface area contributed by atoms with Gasteiger partial charge in [-0.05, 0) is 35.0 Å². The minimum atomic E-state index is 0.561. The fourth-order valence-electron chi connectivity index (χ4n) is 3.46. The first-order valence-electron chi connectivity index (χ1n) is 9.79. The molecule has 4 aromatic carbocycles. The smallest absolute Gasteiger partial charge is 0.187 e. The van der Waals surface area contributed by atoms with Crippen LogP contribution in [0.2, 0.25) is 0 Å². The zero-order chi connectivity index (χ0) is 22.1. The van der Waals surface area contributed by atoms with Gasteiger partial charge in [-0.3, -0.25) is 0 Å². The van der Waals surface area contributed by atoms with Crippen LogP contribution in [0.3, 0.4) is 0 Å². The van der Waals surface area contributed by atoms with Crippen molar-refractivity contribution < 1.29 is 0 Å². The molecular formula is C26H14Br2N4. The van der Waals surface area contributed by atoms with Crippen LogP contribution >= 0.6 is 31.9 Å². The van der Waals surface area contributed by atoms with Crippen molar-refractivity contribution in [1.82, 2.24) is 15.0 Å². The number of nitrogens with zero attached hydrogens (tertiary/aromatic N) is 4. The van der Waals surface area contributed by atoms with Gasteiger partial charge in [0, 0.05) is 25.6 Å². The number of halogens is 2. The maximum absolute atomic E-state index is 7.19. The van der Waals surface area contributed by atoms with E-state index in [0.29, 0.717) is 23.2 Å². The van der Waals surface area contributed by atoms with E-state index >= 15 is 0 Å². The highest BCUT2D eigenvalue weighted by atomic mass is 79.9. The van der Waals surface area contributed by atoms with Crippen LogP contribution in [0.4, 0.5) is 5.69 Å². The lowest BCUT2D eigenvalue weighted by Gasteiger charge is -2.10. The summed E-state index contributed by atoms with van der Waals surface area (Å²) in [6.45, 7) is 7.19. The maximum Gasteiger partial charge on any atom is 0.187 e. The van der Waals surface area contributed by atoms with E-state index in [9.17, 15) is 0 Å². The minimum Gasteiger partial charge on any atom is -0.238 e. The first-order chi connectivity index (χ1) is 15.6. The van der Waals surface area contributed by atoms with Crippen molar-refractivity contribution in [3.05, 3.63) is 105 Å². The van der Waals surface area contributed by atoms with Gasteiger partial charge >= 0.3 is 0 Å². The number of rotatable bonds is 3. The van der Waals surface area contributed by atoms with E-state index in [-0.39, 0.29) is 0 Å². The number of benzene rings is 4. The summed E-state index contributed by atoms with van der Waals surface area (Å²) in [6, 6.07) is 27.6. The molecular weight excluding hydrogens is 528 g/mol. The van der Waals surface area contributed by atoms with Crippen molar-refractivity contribution in [3.8, 4) is 34.2 Å². The van der Waals surface area contributed by atoms with E-state index in [4.69, 9.17) is 21.5 Å². The standard InChI is InChI=1S/C26H14Br2N4/c1-29-23-10-8-17(9-11-23)24-30-25(19-7-6-16-4-2-3-5-18(16)12-19)32-26(31-24)20-13-21(27)15-22(28)14-20/h2-15H. The minimum absolute atomic E-state index is 0.561. The SMILES string of the molecule is [C-]#[N+]c1ccc(-c2nc(-c3cc(Br)cc(Br)c3)nc(-c3ccc4ccccc4c3)n2)cc1. The Morgan fingerprint density at radius 1 is 0.562 bits per heavy atom. The second-order valence-corrected chi connectivity index (χ2v) is 9.02. The van der Waals surface area contributed by atoms with Gasteiger partial charge in [-0.25, -0.2) is 19.8 Å². The molecule has 0 saturated heterocycles. The molecule has 4 nitrogen and oxygen atoms in total. The van der Waals surface area contributed by atoms with Crippen LogP contribution in [0.5, 0.6) is 0 Å². The van der Waals surface area contributed by atoms with Crippen LogP contribution in [-0.2, 0) is 0 Å². The molecule has 6 heteroatoms. The van der Waals surface area contributed by atoms with Gasteiger partial charge in [0.15, 0.2) is 23.2 Å². The first kappa shape index (κ1) is 20.5. The molecule has 5 aromatic rings. The normalized spacial score (nSPS) is 10.8. The number of hydrogen-bond acceptors (Lipinski definition) is 3. The third-order valence-corrected chi connectivity index (χ3v) is 5.93. The molecule has 32 heavy (non-hydrogen) atoms. The van der Waals surface area contributed by atoms with Crippen molar-refractivity contribution in [2.24, 2.45) is 0 Å². The Morgan fingerprint density at radius 3 is 1.78 bits per heavy atom. The van der Waals surface area contributed by atoms with Crippen LogP contribution in [0.15, 0.2) is 93.9 Å². The lowest BCUT2D eigenvalue weighted by molar-refractivity contribution is 1.07. The van der Waals surface area contributed by atoms with Gasteiger partial charge in [-0.1, -0.05) is 92.5 Å². The maximum atomic E-state index is 7.19. The molecule has 0 fully saturated rings. The summed E-state index contributed by atoms with van der Waals surface area (Å²) in [6.07, 6.45) is 0. The van der Waals surface area contributed by atoms with Gasteiger partial charge < -0.3 is 0 Å². The van der Waals surface area contributed by atoms with Crippen LogP contribution in [0.1, 0.15) is 0 Å². The fraction of sp³-hybridized carbons (Fsp3) is 0. The van der Waals surface area contributed by atoms with E-state index < -0.39 is 0 Å². The molecule has 0 atom stereocenters.